The number of anilines is 1. The van der Waals surface area contributed by atoms with Gasteiger partial charge in [-0.15, -0.1) is 13.2 Å². The molecule has 0 aromatic heterocycles. The molecule has 7 nitrogen and oxygen atoms in total. The third-order valence-corrected chi connectivity index (χ3v) is 4.98. The van der Waals surface area contributed by atoms with E-state index >= 15 is 0 Å². The number of nitrogens with one attached hydrogen (secondary N) is 3. The van der Waals surface area contributed by atoms with Crippen LogP contribution in [0.3, 0.4) is 0 Å². The van der Waals surface area contributed by atoms with Gasteiger partial charge in [0.25, 0.3) is 0 Å². The Hall–Kier alpha value is -3.43. The van der Waals surface area contributed by atoms with Crippen molar-refractivity contribution in [3.63, 3.8) is 0 Å². The second kappa shape index (κ2) is 10.3. The number of hydrazine groups is 1. The van der Waals surface area contributed by atoms with Crippen LogP contribution in [0.2, 0.25) is 0 Å². The molecule has 3 rings (SSSR count). The first-order valence-corrected chi connectivity index (χ1v) is 10.1. The van der Waals surface area contributed by atoms with E-state index in [0.29, 0.717) is 17.0 Å². The molecule has 0 heterocycles. The van der Waals surface area contributed by atoms with Crippen molar-refractivity contribution in [2.75, 3.05) is 5.43 Å². The molecule has 0 atom stereocenters. The number of carbonyl (C=O) groups is 2. The minimum absolute atomic E-state index is 0.00313. The van der Waals surface area contributed by atoms with Crippen molar-refractivity contribution in [1.82, 2.24) is 10.7 Å². The van der Waals surface area contributed by atoms with Crippen molar-refractivity contribution in [3.05, 3.63) is 54.1 Å². The van der Waals surface area contributed by atoms with Gasteiger partial charge >= 0.3 is 12.4 Å². The third kappa shape index (κ3) is 7.36. The minimum atomic E-state index is -4.75. The Labute approximate surface area is 183 Å². The summed E-state index contributed by atoms with van der Waals surface area (Å²) in [7, 11) is 0. The highest BCUT2D eigenvalue weighted by molar-refractivity contribution is 5.94. The average molecular weight is 451 g/mol. The summed E-state index contributed by atoms with van der Waals surface area (Å²) in [6.45, 7) is 1.51. The topological polar surface area (TPSA) is 88.7 Å². The van der Waals surface area contributed by atoms with Crippen LogP contribution in [-0.4, -0.2) is 30.3 Å². The zero-order valence-electron chi connectivity index (χ0n) is 17.4. The molecule has 0 bridgehead atoms. The molecule has 10 heteroatoms. The minimum Gasteiger partial charge on any atom is -0.490 e. The van der Waals surface area contributed by atoms with E-state index in [1.165, 1.54) is 19.1 Å². The Balaban J connectivity index is 1.36. The maximum atomic E-state index is 12.2. The molecule has 0 spiro atoms. The molecule has 0 radical (unpaired) electrons. The third-order valence-electron chi connectivity index (χ3n) is 4.98. The second-order valence-corrected chi connectivity index (χ2v) is 7.47. The van der Waals surface area contributed by atoms with Crippen molar-refractivity contribution in [3.8, 4) is 11.5 Å². The fourth-order valence-electron chi connectivity index (χ4n) is 3.38. The van der Waals surface area contributed by atoms with E-state index < -0.39 is 12.4 Å². The number of alkyl halides is 3. The second-order valence-electron chi connectivity index (χ2n) is 7.47. The van der Waals surface area contributed by atoms with Crippen molar-refractivity contribution < 1.29 is 32.2 Å². The maximum Gasteiger partial charge on any atom is 0.573 e. The van der Waals surface area contributed by atoms with E-state index in [0.717, 1.165) is 37.8 Å². The van der Waals surface area contributed by atoms with Gasteiger partial charge in [0.15, 0.2) is 5.78 Å². The van der Waals surface area contributed by atoms with Crippen LogP contribution in [0.15, 0.2) is 48.5 Å². The summed E-state index contributed by atoms with van der Waals surface area (Å²) in [5, 5.41) is 2.86. The summed E-state index contributed by atoms with van der Waals surface area (Å²) in [6.07, 6.45) is -1.69. The molecule has 0 aliphatic heterocycles. The number of ether oxygens (including phenoxy) is 2. The summed E-state index contributed by atoms with van der Waals surface area (Å²) in [6, 6.07) is 11.6. The van der Waals surface area contributed by atoms with E-state index in [4.69, 9.17) is 4.74 Å². The Morgan fingerprint density at radius 1 is 0.906 bits per heavy atom. The Bertz CT molecular complexity index is 910. The number of ketones is 1. The monoisotopic (exact) mass is 451 g/mol. The van der Waals surface area contributed by atoms with Crippen molar-refractivity contribution in [2.24, 2.45) is 0 Å². The van der Waals surface area contributed by atoms with Crippen LogP contribution >= 0.6 is 0 Å². The van der Waals surface area contributed by atoms with Gasteiger partial charge in [0.2, 0.25) is 0 Å². The quantitative estimate of drug-likeness (QED) is 0.416. The lowest BCUT2D eigenvalue weighted by Gasteiger charge is -2.29. The highest BCUT2D eigenvalue weighted by Gasteiger charge is 2.31. The number of halogens is 3. The number of benzene rings is 2. The van der Waals surface area contributed by atoms with Gasteiger partial charge in [-0.2, -0.15) is 0 Å². The number of rotatable bonds is 7. The zero-order chi connectivity index (χ0) is 23.1. The van der Waals surface area contributed by atoms with Gasteiger partial charge in [0, 0.05) is 11.6 Å². The Morgan fingerprint density at radius 3 is 2.06 bits per heavy atom. The number of Topliss-reactive ketones (excluding diaryl/α,β-unsaturated/α-hetero) is 1. The van der Waals surface area contributed by atoms with Crippen molar-refractivity contribution in [1.29, 1.82) is 0 Å². The maximum absolute atomic E-state index is 12.2. The average Bonchev–Trinajstić information content (AvgIpc) is 2.74. The smallest absolute Gasteiger partial charge is 0.490 e. The van der Waals surface area contributed by atoms with Crippen molar-refractivity contribution >= 4 is 17.5 Å². The van der Waals surface area contributed by atoms with Gasteiger partial charge in [0.05, 0.1) is 11.8 Å². The molecular weight excluding hydrogens is 427 g/mol. The van der Waals surface area contributed by atoms with Crippen LogP contribution in [0.1, 0.15) is 43.0 Å². The number of carbonyl (C=O) groups excluding carboxylic acids is 2. The lowest BCUT2D eigenvalue weighted by molar-refractivity contribution is -0.274. The van der Waals surface area contributed by atoms with Crippen LogP contribution in [0, 0.1) is 0 Å². The Kier molecular flexibility index (Phi) is 7.45. The summed E-state index contributed by atoms with van der Waals surface area (Å²) in [4.78, 5) is 23.4. The summed E-state index contributed by atoms with van der Waals surface area (Å²) in [5.74, 6) is 0.365. The van der Waals surface area contributed by atoms with E-state index in [1.807, 2.05) is 0 Å². The van der Waals surface area contributed by atoms with E-state index in [1.54, 1.807) is 24.3 Å². The number of urea groups is 1. The standard InChI is InChI=1S/C22H24F3N3O4/c1-14(29)15-2-8-18(9-3-15)31-19-10-4-16(5-11-19)26-21(30)28-27-17-6-12-20(13-7-17)32-22(23,24)25/h2-3,6-9,12-13,16,19,27H,4-5,10-11H2,1H3,(H2,26,28,30). The molecule has 172 valence electrons. The predicted molar refractivity (Wildman–Crippen MR) is 112 cm³/mol. The first-order valence-electron chi connectivity index (χ1n) is 10.1. The molecular formula is C22H24F3N3O4. The highest BCUT2D eigenvalue weighted by Crippen LogP contribution is 2.25. The fourth-order valence-corrected chi connectivity index (χ4v) is 3.38. The van der Waals surface area contributed by atoms with Gasteiger partial charge in [-0.3, -0.25) is 15.6 Å². The van der Waals surface area contributed by atoms with Gasteiger partial charge in [-0.1, -0.05) is 0 Å². The van der Waals surface area contributed by atoms with Crippen LogP contribution < -0.4 is 25.6 Å². The lowest BCUT2D eigenvalue weighted by atomic mass is 9.93. The molecule has 2 amide bonds. The number of hydrogen-bond acceptors (Lipinski definition) is 5. The first kappa shape index (κ1) is 23.2. The molecule has 1 fully saturated rings. The van der Waals surface area contributed by atoms with Crippen LogP contribution in [0.25, 0.3) is 0 Å². The molecule has 0 saturated heterocycles. The van der Waals surface area contributed by atoms with Crippen molar-refractivity contribution in [2.45, 2.75) is 51.1 Å². The van der Waals surface area contributed by atoms with Crippen LogP contribution in [0.4, 0.5) is 23.7 Å². The highest BCUT2D eigenvalue weighted by atomic mass is 19.4. The van der Waals surface area contributed by atoms with E-state index in [2.05, 4.69) is 20.9 Å². The van der Waals surface area contributed by atoms with Crippen LogP contribution in [-0.2, 0) is 0 Å². The summed E-state index contributed by atoms with van der Waals surface area (Å²) < 4.78 is 46.3. The fraction of sp³-hybridized carbons (Fsp3) is 0.364. The SMILES string of the molecule is CC(=O)c1ccc(OC2CCC(NC(=O)NNc3ccc(OC(F)(F)F)cc3)CC2)cc1. The molecule has 32 heavy (non-hydrogen) atoms. The predicted octanol–water partition coefficient (Wildman–Crippen LogP) is 4.80. The number of hydrogen-bond donors (Lipinski definition) is 3. The first-order chi connectivity index (χ1) is 15.2. The molecule has 0 unspecified atom stereocenters. The lowest BCUT2D eigenvalue weighted by Crippen LogP contribution is -2.46. The molecule has 1 aliphatic rings. The van der Waals surface area contributed by atoms with E-state index in [-0.39, 0.29) is 23.7 Å². The molecule has 2 aromatic rings. The summed E-state index contributed by atoms with van der Waals surface area (Å²) in [5.41, 5.74) is 6.13. The molecule has 1 saturated carbocycles. The zero-order valence-corrected chi connectivity index (χ0v) is 17.4. The van der Waals surface area contributed by atoms with Gasteiger partial charge in [0.1, 0.15) is 11.5 Å². The molecule has 3 N–H and O–H groups in total. The van der Waals surface area contributed by atoms with Gasteiger partial charge < -0.3 is 14.8 Å². The van der Waals surface area contributed by atoms with E-state index in [9.17, 15) is 22.8 Å². The largest absolute Gasteiger partial charge is 0.573 e. The normalized spacial score (nSPS) is 18.4. The van der Waals surface area contributed by atoms with Crippen LogP contribution in [0.5, 0.6) is 11.5 Å². The van der Waals surface area contributed by atoms with Gasteiger partial charge in [-0.25, -0.2) is 4.79 Å². The molecule has 2 aromatic carbocycles. The Morgan fingerprint density at radius 2 is 1.50 bits per heavy atom. The summed E-state index contributed by atoms with van der Waals surface area (Å²) >= 11 is 0. The molecule has 1 aliphatic carbocycles. The van der Waals surface area contributed by atoms with Gasteiger partial charge in [-0.05, 0) is 81.1 Å². The number of amides is 2.